The molecule has 1 aliphatic rings. The van der Waals surface area contributed by atoms with Gasteiger partial charge in [0.05, 0.1) is 19.6 Å². The minimum Gasteiger partial charge on any atom is -0.461 e. The van der Waals surface area contributed by atoms with Crippen LogP contribution in [0.25, 0.3) is 0 Å². The topological polar surface area (TPSA) is 38.8 Å². The van der Waals surface area contributed by atoms with Gasteiger partial charge in [0.2, 0.25) is 0 Å². The van der Waals surface area contributed by atoms with Gasteiger partial charge < -0.3 is 9.47 Å². The number of hydrogen-bond acceptors (Lipinski definition) is 4. The Morgan fingerprint density at radius 2 is 1.54 bits per heavy atom. The Hall–Kier alpha value is -1.24. The van der Waals surface area contributed by atoms with E-state index in [1.807, 2.05) is 0 Å². The molecule has 1 unspecified atom stereocenters. The first-order chi connectivity index (χ1) is 12.7. The van der Waals surface area contributed by atoms with Crippen molar-refractivity contribution >= 4 is 5.97 Å². The highest BCUT2D eigenvalue weighted by Gasteiger charge is 2.81. The van der Waals surface area contributed by atoms with Crippen molar-refractivity contribution in [1.82, 2.24) is 4.90 Å². The standard InChI is InChI=1S/C15H20F9NO3/c1-2-3-11(26)28-10(9-25-4-6-27-7-5-25)8-12(16,17)13(18,19)14(20,21)15(22,23)24/h10H,2-9H2,1H3. The zero-order valence-corrected chi connectivity index (χ0v) is 14.8. The summed E-state index contributed by atoms with van der Waals surface area (Å²) in [5.41, 5.74) is 0. The molecule has 0 saturated carbocycles. The fraction of sp³-hybridized carbons (Fsp3) is 0.933. The maximum absolute atomic E-state index is 13.9. The lowest BCUT2D eigenvalue weighted by molar-refractivity contribution is -0.398. The van der Waals surface area contributed by atoms with Gasteiger partial charge in [-0.2, -0.15) is 39.5 Å². The summed E-state index contributed by atoms with van der Waals surface area (Å²) in [5, 5.41) is 0. The minimum atomic E-state index is -6.97. The molecule has 1 atom stereocenters. The normalized spacial score (nSPS) is 18.8. The molecule has 0 aromatic carbocycles. The predicted molar refractivity (Wildman–Crippen MR) is 77.6 cm³/mol. The number of halogens is 9. The highest BCUT2D eigenvalue weighted by Crippen LogP contribution is 2.54. The van der Waals surface area contributed by atoms with Gasteiger partial charge in [0.25, 0.3) is 0 Å². The zero-order chi connectivity index (χ0) is 21.8. The third-order valence-electron chi connectivity index (χ3n) is 4.01. The molecular formula is C15H20F9NO3. The number of alkyl halides is 9. The Balaban J connectivity index is 3.03. The van der Waals surface area contributed by atoms with Gasteiger partial charge >= 0.3 is 29.9 Å². The molecule has 13 heteroatoms. The Morgan fingerprint density at radius 1 is 1.00 bits per heavy atom. The summed E-state index contributed by atoms with van der Waals surface area (Å²) >= 11 is 0. The molecule has 0 N–H and O–H groups in total. The van der Waals surface area contributed by atoms with Crippen molar-refractivity contribution in [2.24, 2.45) is 0 Å². The van der Waals surface area contributed by atoms with Gasteiger partial charge in [-0.25, -0.2) is 0 Å². The van der Waals surface area contributed by atoms with Gasteiger partial charge in [-0.3, -0.25) is 9.69 Å². The molecule has 166 valence electrons. The quantitative estimate of drug-likeness (QED) is 0.409. The van der Waals surface area contributed by atoms with Gasteiger partial charge in [-0.05, 0) is 6.42 Å². The Labute approximate surface area is 154 Å². The van der Waals surface area contributed by atoms with Gasteiger partial charge in [0.15, 0.2) is 0 Å². The van der Waals surface area contributed by atoms with Crippen molar-refractivity contribution in [2.45, 2.75) is 56.2 Å². The van der Waals surface area contributed by atoms with Crippen LogP contribution in [0.1, 0.15) is 26.2 Å². The Morgan fingerprint density at radius 3 is 2.00 bits per heavy atom. The van der Waals surface area contributed by atoms with Crippen LogP contribution in [0.5, 0.6) is 0 Å². The van der Waals surface area contributed by atoms with E-state index in [4.69, 9.17) is 4.74 Å². The molecule has 4 nitrogen and oxygen atoms in total. The van der Waals surface area contributed by atoms with Crippen LogP contribution in [-0.4, -0.2) is 73.8 Å². The first-order valence-corrected chi connectivity index (χ1v) is 8.35. The van der Waals surface area contributed by atoms with E-state index >= 15 is 0 Å². The summed E-state index contributed by atoms with van der Waals surface area (Å²) < 4.78 is 127. The fourth-order valence-electron chi connectivity index (χ4n) is 2.49. The molecule has 1 aliphatic heterocycles. The number of carbonyl (C=O) groups excluding carboxylic acids is 1. The van der Waals surface area contributed by atoms with Gasteiger partial charge in [-0.1, -0.05) is 6.92 Å². The average molecular weight is 433 g/mol. The zero-order valence-electron chi connectivity index (χ0n) is 14.8. The SMILES string of the molecule is CCCC(=O)OC(CN1CCOCC1)CC(F)(F)C(F)(F)C(F)(F)C(F)(F)F. The molecule has 0 aliphatic carbocycles. The van der Waals surface area contributed by atoms with E-state index in [2.05, 4.69) is 4.74 Å². The van der Waals surface area contributed by atoms with Crippen LogP contribution < -0.4 is 0 Å². The van der Waals surface area contributed by atoms with E-state index in [9.17, 15) is 44.3 Å². The van der Waals surface area contributed by atoms with Crippen LogP contribution in [0.2, 0.25) is 0 Å². The maximum Gasteiger partial charge on any atom is 0.460 e. The molecule has 0 aromatic rings. The second-order valence-corrected chi connectivity index (χ2v) is 6.33. The van der Waals surface area contributed by atoms with Crippen molar-refractivity contribution < 1.29 is 53.8 Å². The molecular weight excluding hydrogens is 413 g/mol. The molecule has 0 radical (unpaired) electrons. The summed E-state index contributed by atoms with van der Waals surface area (Å²) in [6.07, 6.45) is -11.1. The molecule has 28 heavy (non-hydrogen) atoms. The van der Waals surface area contributed by atoms with E-state index in [0.29, 0.717) is 0 Å². The largest absolute Gasteiger partial charge is 0.461 e. The van der Waals surface area contributed by atoms with E-state index in [0.717, 1.165) is 0 Å². The molecule has 1 saturated heterocycles. The lowest BCUT2D eigenvalue weighted by atomic mass is 9.98. The average Bonchev–Trinajstić information content (AvgIpc) is 2.54. The lowest BCUT2D eigenvalue weighted by Gasteiger charge is -2.36. The van der Waals surface area contributed by atoms with Crippen LogP contribution >= 0.6 is 0 Å². The first kappa shape index (κ1) is 24.8. The smallest absolute Gasteiger partial charge is 0.460 e. The fourth-order valence-corrected chi connectivity index (χ4v) is 2.49. The summed E-state index contributed by atoms with van der Waals surface area (Å²) in [6.45, 7) is 1.63. The van der Waals surface area contributed by atoms with Crippen molar-refractivity contribution in [3.05, 3.63) is 0 Å². The predicted octanol–water partition coefficient (Wildman–Crippen LogP) is 3.89. The Kier molecular flexibility index (Phi) is 8.02. The number of esters is 1. The lowest BCUT2D eigenvalue weighted by Crippen LogP contribution is -2.62. The summed E-state index contributed by atoms with van der Waals surface area (Å²) in [7, 11) is 0. The second-order valence-electron chi connectivity index (χ2n) is 6.33. The van der Waals surface area contributed by atoms with Gasteiger partial charge in [0.1, 0.15) is 6.10 Å². The first-order valence-electron chi connectivity index (χ1n) is 8.35. The van der Waals surface area contributed by atoms with Crippen LogP contribution in [-0.2, 0) is 14.3 Å². The number of hydrogen-bond donors (Lipinski definition) is 0. The van der Waals surface area contributed by atoms with E-state index in [1.54, 1.807) is 0 Å². The van der Waals surface area contributed by atoms with E-state index < -0.39 is 49.0 Å². The van der Waals surface area contributed by atoms with E-state index in [1.165, 1.54) is 11.8 Å². The molecule has 1 heterocycles. The summed E-state index contributed by atoms with van der Waals surface area (Å²) in [4.78, 5) is 13.0. The second kappa shape index (κ2) is 9.06. The summed E-state index contributed by atoms with van der Waals surface area (Å²) in [6, 6.07) is 0. The summed E-state index contributed by atoms with van der Waals surface area (Å²) in [5.74, 6) is -20.6. The van der Waals surface area contributed by atoms with Gasteiger partial charge in [-0.15, -0.1) is 0 Å². The number of ether oxygens (including phenoxy) is 2. The molecule has 0 amide bonds. The highest BCUT2D eigenvalue weighted by atomic mass is 19.4. The molecule has 1 fully saturated rings. The van der Waals surface area contributed by atoms with Crippen molar-refractivity contribution in [1.29, 1.82) is 0 Å². The van der Waals surface area contributed by atoms with E-state index in [-0.39, 0.29) is 39.1 Å². The molecule has 0 bridgehead atoms. The monoisotopic (exact) mass is 433 g/mol. The van der Waals surface area contributed by atoms with Crippen LogP contribution in [0.15, 0.2) is 0 Å². The number of rotatable bonds is 9. The molecule has 0 aromatic heterocycles. The van der Waals surface area contributed by atoms with Crippen molar-refractivity contribution in [2.75, 3.05) is 32.8 Å². The maximum atomic E-state index is 13.9. The third kappa shape index (κ3) is 5.65. The molecule has 0 spiro atoms. The number of carbonyl (C=O) groups is 1. The highest BCUT2D eigenvalue weighted by molar-refractivity contribution is 5.69. The molecule has 1 rings (SSSR count). The van der Waals surface area contributed by atoms with Crippen LogP contribution in [0.3, 0.4) is 0 Å². The minimum absolute atomic E-state index is 0.155. The third-order valence-corrected chi connectivity index (χ3v) is 4.01. The number of nitrogens with zero attached hydrogens (tertiary/aromatic N) is 1. The van der Waals surface area contributed by atoms with Crippen LogP contribution in [0.4, 0.5) is 39.5 Å². The van der Waals surface area contributed by atoms with Crippen molar-refractivity contribution in [3.63, 3.8) is 0 Å². The van der Waals surface area contributed by atoms with Gasteiger partial charge in [0, 0.05) is 26.1 Å². The van der Waals surface area contributed by atoms with Crippen molar-refractivity contribution in [3.8, 4) is 0 Å². The number of morpholine rings is 1. The Bertz CT molecular complexity index is 519. The van der Waals surface area contributed by atoms with Crippen LogP contribution in [0, 0.1) is 0 Å².